The van der Waals surface area contributed by atoms with E-state index in [9.17, 15) is 0 Å². The van der Waals surface area contributed by atoms with E-state index in [4.69, 9.17) is 11.6 Å². The van der Waals surface area contributed by atoms with Gasteiger partial charge in [0.05, 0.1) is 6.54 Å². The molecule has 68 valence electrons. The lowest BCUT2D eigenvalue weighted by molar-refractivity contribution is 0.792. The quantitative estimate of drug-likeness (QED) is 0.653. The summed E-state index contributed by atoms with van der Waals surface area (Å²) in [6.07, 6.45) is 2.11. The lowest BCUT2D eigenvalue weighted by Crippen LogP contribution is -2.26. The molecule has 2 rings (SSSR count). The van der Waals surface area contributed by atoms with Crippen molar-refractivity contribution < 1.29 is 0 Å². The molecule has 0 amide bonds. The van der Waals surface area contributed by atoms with Crippen molar-refractivity contribution in [3.05, 3.63) is 36.4 Å². The summed E-state index contributed by atoms with van der Waals surface area (Å²) in [5.74, 6) is 0.654. The highest BCUT2D eigenvalue weighted by molar-refractivity contribution is 6.18. The van der Waals surface area contributed by atoms with Crippen molar-refractivity contribution >= 4 is 17.3 Å². The van der Waals surface area contributed by atoms with Crippen molar-refractivity contribution in [3.63, 3.8) is 0 Å². The van der Waals surface area contributed by atoms with Gasteiger partial charge in [0.15, 0.2) is 0 Å². The van der Waals surface area contributed by atoms with Crippen molar-refractivity contribution in [2.75, 3.05) is 17.3 Å². The highest BCUT2D eigenvalue weighted by atomic mass is 35.5. The smallest absolute Gasteiger partial charge is 0.0915 e. The zero-order valence-electron chi connectivity index (χ0n) is 7.46. The van der Waals surface area contributed by atoms with E-state index in [2.05, 4.69) is 35.7 Å². The predicted molar refractivity (Wildman–Crippen MR) is 56.1 cm³/mol. The average Bonchev–Trinajstić information content (AvgIpc) is 2.19. The van der Waals surface area contributed by atoms with Crippen LogP contribution in [0.1, 0.15) is 12.0 Å². The van der Waals surface area contributed by atoms with Gasteiger partial charge in [-0.3, -0.25) is 0 Å². The van der Waals surface area contributed by atoms with Gasteiger partial charge in [-0.25, -0.2) is 0 Å². The molecule has 2 radical (unpaired) electrons. The van der Waals surface area contributed by atoms with Crippen molar-refractivity contribution in [3.8, 4) is 0 Å². The van der Waals surface area contributed by atoms with Crippen molar-refractivity contribution in [1.29, 1.82) is 0 Å². The average molecular weight is 194 g/mol. The largest absolute Gasteiger partial charge is 0.359 e. The number of para-hydroxylation sites is 1. The Hall–Kier alpha value is -0.690. The summed E-state index contributed by atoms with van der Waals surface area (Å²) in [6.45, 7) is 4.18. The Balaban J connectivity index is 2.26. The molecule has 0 spiro atoms. The highest BCUT2D eigenvalue weighted by Crippen LogP contribution is 2.28. The van der Waals surface area contributed by atoms with Crippen LogP contribution in [0.3, 0.4) is 0 Å². The number of aryl methyl sites for hydroxylation is 1. The van der Waals surface area contributed by atoms with Crippen LogP contribution in [0.25, 0.3) is 0 Å². The molecule has 0 aromatic heterocycles. The standard InChI is InChI=1S/C11H12ClN/c12-7-9-13-8-3-5-10-4-1-2-6-11(10)13/h1-2,4,6H,3,5,7,9H2. The number of fused-ring (bicyclic) bond motifs is 1. The molecule has 0 aliphatic carbocycles. The van der Waals surface area contributed by atoms with Crippen LogP contribution in [0.5, 0.6) is 0 Å². The fraction of sp³-hybridized carbons (Fsp3) is 0.364. The van der Waals surface area contributed by atoms with Crippen LogP contribution in [0.2, 0.25) is 0 Å². The molecule has 1 aromatic carbocycles. The highest BCUT2D eigenvalue weighted by Gasteiger charge is 2.15. The topological polar surface area (TPSA) is 3.24 Å². The van der Waals surface area contributed by atoms with Crippen molar-refractivity contribution in [2.24, 2.45) is 0 Å². The zero-order valence-corrected chi connectivity index (χ0v) is 8.22. The summed E-state index contributed by atoms with van der Waals surface area (Å²) in [7, 11) is 0. The predicted octanol–water partition coefficient (Wildman–Crippen LogP) is 2.72. The second-order valence-corrected chi connectivity index (χ2v) is 3.51. The molecule has 1 aliphatic rings. The molecule has 13 heavy (non-hydrogen) atoms. The van der Waals surface area contributed by atoms with Crippen LogP contribution in [0, 0.1) is 6.54 Å². The van der Waals surface area contributed by atoms with Gasteiger partial charge in [0.2, 0.25) is 0 Å². The first kappa shape index (κ1) is 8.89. The Morgan fingerprint density at radius 2 is 2.23 bits per heavy atom. The summed E-state index contributed by atoms with van der Waals surface area (Å²) >= 11 is 5.72. The van der Waals surface area contributed by atoms with E-state index < -0.39 is 0 Å². The van der Waals surface area contributed by atoms with Crippen LogP contribution in [-0.4, -0.2) is 12.4 Å². The van der Waals surface area contributed by atoms with Gasteiger partial charge in [0, 0.05) is 18.1 Å². The maximum absolute atomic E-state index is 5.72. The van der Waals surface area contributed by atoms with Crippen molar-refractivity contribution in [2.45, 2.75) is 12.8 Å². The van der Waals surface area contributed by atoms with Gasteiger partial charge >= 0.3 is 0 Å². The summed E-state index contributed by atoms with van der Waals surface area (Å²) in [5, 5.41) is 0. The number of hydrogen-bond donors (Lipinski definition) is 0. The molecule has 0 bridgehead atoms. The number of benzene rings is 1. The van der Waals surface area contributed by atoms with Gasteiger partial charge in [0.1, 0.15) is 0 Å². The fourth-order valence-corrected chi connectivity index (χ4v) is 1.85. The van der Waals surface area contributed by atoms with Crippen LogP contribution in [0.15, 0.2) is 24.3 Å². The molecule has 0 fully saturated rings. The van der Waals surface area contributed by atoms with E-state index in [-0.39, 0.29) is 0 Å². The zero-order chi connectivity index (χ0) is 9.10. The minimum absolute atomic E-state index is 0.654. The normalized spacial score (nSPS) is 15.6. The number of nitrogens with zero attached hydrogens (tertiary/aromatic N) is 1. The van der Waals surface area contributed by atoms with E-state index in [0.717, 1.165) is 19.4 Å². The van der Waals surface area contributed by atoms with Gasteiger partial charge in [0.25, 0.3) is 0 Å². The lowest BCUT2D eigenvalue weighted by atomic mass is 10.0. The molecule has 0 saturated carbocycles. The van der Waals surface area contributed by atoms with Crippen molar-refractivity contribution in [1.82, 2.24) is 0 Å². The first-order valence-electron chi connectivity index (χ1n) is 4.57. The minimum atomic E-state index is 0.654. The number of rotatable bonds is 2. The second-order valence-electron chi connectivity index (χ2n) is 3.13. The third kappa shape index (κ3) is 1.80. The van der Waals surface area contributed by atoms with Crippen LogP contribution < -0.4 is 4.90 Å². The third-order valence-corrected chi connectivity index (χ3v) is 2.46. The Labute approximate surface area is 84.3 Å². The van der Waals surface area contributed by atoms with Crippen LogP contribution >= 0.6 is 11.6 Å². The van der Waals surface area contributed by atoms with Gasteiger partial charge in [-0.05, 0) is 24.5 Å². The molecule has 1 heterocycles. The van der Waals surface area contributed by atoms with E-state index >= 15 is 0 Å². The summed E-state index contributed by atoms with van der Waals surface area (Å²) in [5.41, 5.74) is 2.68. The number of alkyl halides is 1. The second kappa shape index (κ2) is 4.01. The number of anilines is 1. The molecule has 0 saturated heterocycles. The third-order valence-electron chi connectivity index (χ3n) is 2.29. The monoisotopic (exact) mass is 193 g/mol. The Morgan fingerprint density at radius 3 is 3.08 bits per heavy atom. The Bertz CT molecular complexity index is 285. The molecule has 1 nitrogen and oxygen atoms in total. The Morgan fingerprint density at radius 1 is 1.38 bits per heavy atom. The molecule has 0 atom stereocenters. The molecule has 0 unspecified atom stereocenters. The first-order chi connectivity index (χ1) is 6.42. The molecule has 0 N–H and O–H groups in total. The van der Waals surface area contributed by atoms with Crippen LogP contribution in [-0.2, 0) is 6.42 Å². The van der Waals surface area contributed by atoms with Gasteiger partial charge in [-0.15, -0.1) is 11.6 Å². The van der Waals surface area contributed by atoms with Gasteiger partial charge < -0.3 is 4.90 Å². The fourth-order valence-electron chi connectivity index (χ4n) is 1.68. The van der Waals surface area contributed by atoms with E-state index in [1.54, 1.807) is 0 Å². The molecule has 1 aromatic rings. The number of hydrogen-bond acceptors (Lipinski definition) is 1. The SMILES string of the molecule is ClCCN1[C]CCc2ccccc21. The lowest BCUT2D eigenvalue weighted by Gasteiger charge is -2.29. The van der Waals surface area contributed by atoms with E-state index in [0.29, 0.717) is 5.88 Å². The van der Waals surface area contributed by atoms with Gasteiger partial charge in [-0.1, -0.05) is 18.2 Å². The maximum atomic E-state index is 5.72. The van der Waals surface area contributed by atoms with Gasteiger partial charge in [-0.2, -0.15) is 0 Å². The molecular formula is C11H12ClN. The number of halogens is 1. The van der Waals surface area contributed by atoms with Crippen LogP contribution in [0.4, 0.5) is 5.69 Å². The molecule has 1 aliphatic heterocycles. The van der Waals surface area contributed by atoms with E-state index in [1.165, 1.54) is 11.3 Å². The van der Waals surface area contributed by atoms with E-state index in [1.807, 2.05) is 0 Å². The first-order valence-corrected chi connectivity index (χ1v) is 5.10. The maximum Gasteiger partial charge on any atom is 0.0915 e. The molecule has 2 heteroatoms. The summed E-state index contributed by atoms with van der Waals surface area (Å²) in [4.78, 5) is 2.13. The summed E-state index contributed by atoms with van der Waals surface area (Å²) < 4.78 is 0. The summed E-state index contributed by atoms with van der Waals surface area (Å²) in [6, 6.07) is 8.46. The Kier molecular flexibility index (Phi) is 2.74. The minimum Gasteiger partial charge on any atom is -0.359 e. The molecular weight excluding hydrogens is 182 g/mol.